The van der Waals surface area contributed by atoms with E-state index < -0.39 is 22.2 Å². The number of pyridine rings is 1. The number of amides is 1. The molecule has 2 N–H and O–H groups in total. The molecule has 0 bridgehead atoms. The Morgan fingerprint density at radius 3 is 2.28 bits per heavy atom. The third-order valence-corrected chi connectivity index (χ3v) is 5.96. The predicted octanol–water partition coefficient (Wildman–Crippen LogP) is 1.50. The number of aromatic nitrogens is 1. The lowest BCUT2D eigenvalue weighted by molar-refractivity contribution is -0.192. The number of aliphatic carboxylic acids is 1. The molecule has 1 unspecified atom stereocenters. The SMILES string of the molecule is Cc1cc(C(=O)N2CC3(C2)OCCC3CCNS(C)(=O)=O)cc(C)n1.O=C(O)C(F)(F)F. The summed E-state index contributed by atoms with van der Waals surface area (Å²) in [5.74, 6) is -2.48. The molecule has 1 amide bonds. The molecular weight excluding hydrogens is 455 g/mol. The molecule has 0 radical (unpaired) electrons. The van der Waals surface area contributed by atoms with Crippen molar-refractivity contribution in [1.82, 2.24) is 14.6 Å². The summed E-state index contributed by atoms with van der Waals surface area (Å²) < 4.78 is 62.6. The maximum absolute atomic E-state index is 12.7. The second-order valence-electron chi connectivity index (χ2n) is 7.96. The van der Waals surface area contributed by atoms with Crippen LogP contribution in [0.5, 0.6) is 0 Å². The molecule has 1 aromatic rings. The van der Waals surface area contributed by atoms with Crippen LogP contribution in [0.25, 0.3) is 0 Å². The molecule has 0 aromatic carbocycles. The van der Waals surface area contributed by atoms with Gasteiger partial charge in [0.05, 0.1) is 19.3 Å². The van der Waals surface area contributed by atoms with Gasteiger partial charge >= 0.3 is 12.1 Å². The number of carbonyl (C=O) groups excluding carboxylic acids is 1. The van der Waals surface area contributed by atoms with Crippen LogP contribution in [0.3, 0.4) is 0 Å². The fourth-order valence-electron chi connectivity index (χ4n) is 3.84. The number of alkyl halides is 3. The Balaban J connectivity index is 0.000000451. The number of carbonyl (C=O) groups is 2. The van der Waals surface area contributed by atoms with Crippen molar-refractivity contribution in [3.63, 3.8) is 0 Å². The molecular formula is C19H26F3N3O6S. The standard InChI is InChI=1S/C17H25N3O4S.C2HF3O2/c1-12-8-14(9-13(2)19-12)16(21)20-10-17(11-20)15(5-7-24-17)4-6-18-25(3,22)23;3-2(4,5)1(6)7/h8-9,15,18H,4-7,10-11H2,1-3H3;(H,6,7). The molecule has 0 aliphatic carbocycles. The zero-order valence-corrected chi connectivity index (χ0v) is 18.7. The Labute approximate surface area is 184 Å². The van der Waals surface area contributed by atoms with E-state index in [1.54, 1.807) is 4.90 Å². The third-order valence-electron chi connectivity index (χ3n) is 5.23. The summed E-state index contributed by atoms with van der Waals surface area (Å²) in [6.07, 6.45) is -2.29. The summed E-state index contributed by atoms with van der Waals surface area (Å²) in [6.45, 7) is 5.97. The van der Waals surface area contributed by atoms with E-state index in [2.05, 4.69) is 9.71 Å². The maximum atomic E-state index is 12.7. The zero-order valence-electron chi connectivity index (χ0n) is 17.9. The van der Waals surface area contributed by atoms with Gasteiger partial charge in [0, 0.05) is 30.1 Å². The van der Waals surface area contributed by atoms with E-state index in [0.717, 1.165) is 30.5 Å². The normalized spacial score (nSPS) is 19.8. The lowest BCUT2D eigenvalue weighted by Gasteiger charge is -2.50. The van der Waals surface area contributed by atoms with Gasteiger partial charge in [0.25, 0.3) is 5.91 Å². The van der Waals surface area contributed by atoms with Crippen LogP contribution >= 0.6 is 0 Å². The largest absolute Gasteiger partial charge is 0.490 e. The summed E-state index contributed by atoms with van der Waals surface area (Å²) in [6, 6.07) is 3.62. The smallest absolute Gasteiger partial charge is 0.475 e. The molecule has 9 nitrogen and oxygen atoms in total. The van der Waals surface area contributed by atoms with Crippen LogP contribution in [0.1, 0.15) is 34.6 Å². The number of ether oxygens (including phenoxy) is 1. The van der Waals surface area contributed by atoms with Crippen molar-refractivity contribution in [3.05, 3.63) is 29.1 Å². The number of hydrogen-bond acceptors (Lipinski definition) is 6. The van der Waals surface area contributed by atoms with Crippen molar-refractivity contribution < 1.29 is 41.0 Å². The summed E-state index contributed by atoms with van der Waals surface area (Å²) in [5.41, 5.74) is 2.01. The van der Waals surface area contributed by atoms with Crippen LogP contribution in [0.15, 0.2) is 12.1 Å². The quantitative estimate of drug-likeness (QED) is 0.653. The molecule has 32 heavy (non-hydrogen) atoms. The van der Waals surface area contributed by atoms with E-state index in [1.807, 2.05) is 26.0 Å². The summed E-state index contributed by atoms with van der Waals surface area (Å²) >= 11 is 0. The number of sulfonamides is 1. The molecule has 2 aliphatic rings. The predicted molar refractivity (Wildman–Crippen MR) is 108 cm³/mol. The van der Waals surface area contributed by atoms with Crippen LogP contribution in [0.4, 0.5) is 13.2 Å². The van der Waals surface area contributed by atoms with Crippen molar-refractivity contribution in [2.24, 2.45) is 5.92 Å². The van der Waals surface area contributed by atoms with Gasteiger partial charge in [-0.15, -0.1) is 0 Å². The Kier molecular flexibility index (Phi) is 7.89. The monoisotopic (exact) mass is 481 g/mol. The Hall–Kier alpha value is -2.25. The van der Waals surface area contributed by atoms with Gasteiger partial charge in [-0.3, -0.25) is 9.78 Å². The van der Waals surface area contributed by atoms with Gasteiger partial charge in [-0.2, -0.15) is 13.2 Å². The average Bonchev–Trinajstić information content (AvgIpc) is 3.01. The van der Waals surface area contributed by atoms with Crippen molar-refractivity contribution in [2.45, 2.75) is 38.5 Å². The van der Waals surface area contributed by atoms with Gasteiger partial charge in [0.1, 0.15) is 5.60 Å². The second kappa shape index (κ2) is 9.71. The van der Waals surface area contributed by atoms with Crippen LogP contribution in [0, 0.1) is 19.8 Å². The number of aryl methyl sites for hydroxylation is 2. The third kappa shape index (κ3) is 6.87. The summed E-state index contributed by atoms with van der Waals surface area (Å²) in [4.78, 5) is 27.7. The number of hydrogen-bond donors (Lipinski definition) is 2. The Morgan fingerprint density at radius 2 is 1.81 bits per heavy atom. The minimum atomic E-state index is -5.08. The maximum Gasteiger partial charge on any atom is 0.490 e. The van der Waals surface area contributed by atoms with E-state index in [0.29, 0.717) is 31.8 Å². The molecule has 3 rings (SSSR count). The number of nitrogens with one attached hydrogen (secondary N) is 1. The molecule has 0 saturated carbocycles. The van der Waals surface area contributed by atoms with Gasteiger partial charge < -0.3 is 14.7 Å². The number of rotatable bonds is 5. The molecule has 2 aliphatic heterocycles. The minimum absolute atomic E-state index is 0.00253. The van der Waals surface area contributed by atoms with E-state index in [4.69, 9.17) is 14.6 Å². The highest BCUT2D eigenvalue weighted by molar-refractivity contribution is 7.88. The molecule has 2 fully saturated rings. The van der Waals surface area contributed by atoms with Crippen molar-refractivity contribution in [3.8, 4) is 0 Å². The van der Waals surface area contributed by atoms with E-state index in [9.17, 15) is 26.4 Å². The molecule has 180 valence electrons. The Morgan fingerprint density at radius 1 is 1.28 bits per heavy atom. The van der Waals surface area contributed by atoms with Crippen LogP contribution < -0.4 is 4.72 Å². The van der Waals surface area contributed by atoms with Crippen LogP contribution in [0.2, 0.25) is 0 Å². The number of likely N-dealkylation sites (tertiary alicyclic amines) is 1. The van der Waals surface area contributed by atoms with Gasteiger partial charge in [-0.1, -0.05) is 0 Å². The van der Waals surface area contributed by atoms with Gasteiger partial charge in [0.2, 0.25) is 10.0 Å². The number of nitrogens with zero attached hydrogens (tertiary/aromatic N) is 2. The first-order valence-corrected chi connectivity index (χ1v) is 11.7. The van der Waals surface area contributed by atoms with Crippen molar-refractivity contribution >= 4 is 21.9 Å². The molecule has 1 spiro atoms. The molecule has 1 aromatic heterocycles. The Bertz CT molecular complexity index is 941. The van der Waals surface area contributed by atoms with Crippen molar-refractivity contribution in [1.29, 1.82) is 0 Å². The van der Waals surface area contributed by atoms with E-state index in [1.165, 1.54) is 0 Å². The molecule has 1 atom stereocenters. The summed E-state index contributed by atoms with van der Waals surface area (Å²) in [7, 11) is -3.17. The van der Waals surface area contributed by atoms with E-state index in [-0.39, 0.29) is 17.4 Å². The molecule has 13 heteroatoms. The van der Waals surface area contributed by atoms with Gasteiger partial charge in [0.15, 0.2) is 0 Å². The highest BCUT2D eigenvalue weighted by Gasteiger charge is 2.54. The lowest BCUT2D eigenvalue weighted by Crippen LogP contribution is -2.66. The van der Waals surface area contributed by atoms with Crippen LogP contribution in [-0.4, -0.2) is 79.6 Å². The topological polar surface area (TPSA) is 126 Å². The number of halogens is 3. The van der Waals surface area contributed by atoms with Gasteiger partial charge in [-0.05, 0) is 44.7 Å². The first-order valence-electron chi connectivity index (χ1n) is 9.76. The first-order chi connectivity index (χ1) is 14.6. The zero-order chi connectivity index (χ0) is 24.3. The molecule has 3 heterocycles. The fraction of sp³-hybridized carbons (Fsp3) is 0.632. The lowest BCUT2D eigenvalue weighted by atomic mass is 9.78. The van der Waals surface area contributed by atoms with E-state index >= 15 is 0 Å². The second-order valence-corrected chi connectivity index (χ2v) is 9.79. The minimum Gasteiger partial charge on any atom is -0.475 e. The fourth-order valence-corrected chi connectivity index (χ4v) is 4.33. The van der Waals surface area contributed by atoms with Gasteiger partial charge in [-0.25, -0.2) is 17.9 Å². The highest BCUT2D eigenvalue weighted by Crippen LogP contribution is 2.42. The highest BCUT2D eigenvalue weighted by atomic mass is 32.2. The van der Waals surface area contributed by atoms with Crippen molar-refractivity contribution in [2.75, 3.05) is 32.5 Å². The number of carboxylic acids is 1. The first kappa shape index (κ1) is 26.0. The number of carboxylic acid groups (broad SMARTS) is 1. The summed E-state index contributed by atoms with van der Waals surface area (Å²) in [5, 5.41) is 7.12. The molecule has 2 saturated heterocycles. The average molecular weight is 481 g/mol. The van der Waals surface area contributed by atoms with Crippen LogP contribution in [-0.2, 0) is 19.6 Å².